The molecule has 2 heterocycles. The van der Waals surface area contributed by atoms with E-state index in [4.69, 9.17) is 14.2 Å². The van der Waals surface area contributed by atoms with Crippen LogP contribution in [0.1, 0.15) is 22.7 Å². The van der Waals surface area contributed by atoms with Crippen LogP contribution in [0.3, 0.4) is 0 Å². The van der Waals surface area contributed by atoms with Crippen molar-refractivity contribution in [2.24, 2.45) is 0 Å². The highest BCUT2D eigenvalue weighted by Gasteiger charge is 2.48. The second-order valence-corrected chi connectivity index (χ2v) is 9.49. The number of ether oxygens (including phenoxy) is 3. The molecule has 1 N–H and O–H groups in total. The number of anilines is 1. The number of carbonyl (C=O) groups is 2. The summed E-state index contributed by atoms with van der Waals surface area (Å²) >= 11 is 1.31. The molecule has 0 bridgehead atoms. The number of rotatable bonds is 6. The van der Waals surface area contributed by atoms with Gasteiger partial charge in [-0.15, -0.1) is 0 Å². The van der Waals surface area contributed by atoms with Gasteiger partial charge in [0.15, 0.2) is 16.6 Å². The van der Waals surface area contributed by atoms with Gasteiger partial charge in [0.05, 0.1) is 43.2 Å². The largest absolute Gasteiger partial charge is 0.507 e. The first-order valence-corrected chi connectivity index (χ1v) is 12.2. The van der Waals surface area contributed by atoms with E-state index in [0.717, 1.165) is 10.3 Å². The zero-order chi connectivity index (χ0) is 26.3. The zero-order valence-corrected chi connectivity index (χ0v) is 21.5. The molecule has 8 nitrogen and oxygen atoms in total. The molecule has 1 fully saturated rings. The number of hydrogen-bond acceptors (Lipinski definition) is 8. The maximum Gasteiger partial charge on any atom is 0.301 e. The summed E-state index contributed by atoms with van der Waals surface area (Å²) in [6, 6.07) is 16.6. The average molecular weight is 517 g/mol. The molecular weight excluding hydrogens is 492 g/mol. The lowest BCUT2D eigenvalue weighted by Gasteiger charge is -2.23. The van der Waals surface area contributed by atoms with Crippen molar-refractivity contribution in [2.75, 3.05) is 26.2 Å². The van der Waals surface area contributed by atoms with Crippen LogP contribution in [0.5, 0.6) is 17.2 Å². The summed E-state index contributed by atoms with van der Waals surface area (Å²) in [5, 5.41) is 11.7. The smallest absolute Gasteiger partial charge is 0.301 e. The van der Waals surface area contributed by atoms with Crippen molar-refractivity contribution < 1.29 is 28.9 Å². The molecule has 0 radical (unpaired) electrons. The van der Waals surface area contributed by atoms with Gasteiger partial charge in [-0.05, 0) is 66.6 Å². The monoisotopic (exact) mass is 516 g/mol. The Labute approximate surface area is 217 Å². The van der Waals surface area contributed by atoms with Crippen molar-refractivity contribution in [1.82, 2.24) is 4.98 Å². The summed E-state index contributed by atoms with van der Waals surface area (Å²) in [5.74, 6) is -0.351. The second kappa shape index (κ2) is 9.59. The van der Waals surface area contributed by atoms with Crippen LogP contribution in [0.25, 0.3) is 16.0 Å². The van der Waals surface area contributed by atoms with Gasteiger partial charge in [0.2, 0.25) is 0 Å². The van der Waals surface area contributed by atoms with Crippen molar-refractivity contribution in [1.29, 1.82) is 0 Å². The van der Waals surface area contributed by atoms with Gasteiger partial charge in [-0.25, -0.2) is 4.98 Å². The van der Waals surface area contributed by atoms with E-state index in [-0.39, 0.29) is 11.3 Å². The first-order valence-electron chi connectivity index (χ1n) is 11.4. The molecular formula is C28H24N2O6S. The van der Waals surface area contributed by atoms with E-state index in [2.05, 4.69) is 4.98 Å². The van der Waals surface area contributed by atoms with Crippen LogP contribution >= 0.6 is 11.3 Å². The van der Waals surface area contributed by atoms with Gasteiger partial charge >= 0.3 is 5.91 Å². The molecule has 1 atom stereocenters. The van der Waals surface area contributed by atoms with E-state index in [1.54, 1.807) is 42.5 Å². The van der Waals surface area contributed by atoms with Crippen molar-refractivity contribution in [3.63, 3.8) is 0 Å². The van der Waals surface area contributed by atoms with Crippen LogP contribution in [0.15, 0.2) is 66.2 Å². The average Bonchev–Trinajstić information content (AvgIpc) is 3.45. The number of aryl methyl sites for hydroxylation is 1. The Kier molecular flexibility index (Phi) is 6.31. The van der Waals surface area contributed by atoms with E-state index < -0.39 is 17.7 Å². The number of aliphatic hydroxyl groups is 1. The van der Waals surface area contributed by atoms with Crippen molar-refractivity contribution in [2.45, 2.75) is 13.0 Å². The maximum atomic E-state index is 13.5. The topological polar surface area (TPSA) is 98.2 Å². The number of benzene rings is 3. The molecule has 1 aliphatic rings. The van der Waals surface area contributed by atoms with Gasteiger partial charge in [-0.1, -0.05) is 23.5 Å². The third kappa shape index (κ3) is 4.17. The first kappa shape index (κ1) is 24.3. The Morgan fingerprint density at radius 2 is 1.65 bits per heavy atom. The fraction of sp³-hybridized carbons (Fsp3) is 0.179. The van der Waals surface area contributed by atoms with Crippen LogP contribution in [-0.2, 0) is 9.59 Å². The number of aliphatic hydroxyl groups excluding tert-OH is 1. The zero-order valence-electron chi connectivity index (χ0n) is 20.6. The fourth-order valence-corrected chi connectivity index (χ4v) is 5.49. The molecule has 9 heteroatoms. The van der Waals surface area contributed by atoms with Gasteiger partial charge in [0.25, 0.3) is 5.78 Å². The first-order chi connectivity index (χ1) is 17.9. The second-order valence-electron chi connectivity index (χ2n) is 8.48. The third-order valence-corrected chi connectivity index (χ3v) is 7.29. The Morgan fingerprint density at radius 3 is 2.32 bits per heavy atom. The highest BCUT2D eigenvalue weighted by Crippen LogP contribution is 2.46. The fourth-order valence-electron chi connectivity index (χ4n) is 4.40. The third-order valence-electron chi connectivity index (χ3n) is 6.27. The van der Waals surface area contributed by atoms with Gasteiger partial charge in [-0.2, -0.15) is 0 Å². The highest BCUT2D eigenvalue weighted by molar-refractivity contribution is 7.22. The summed E-state index contributed by atoms with van der Waals surface area (Å²) in [6.45, 7) is 1.98. The SMILES string of the molecule is COc1ccc(C(O)=C2C(=O)C(=O)N(c3nc4ccc(C)cc4s3)C2c2ccc(OC)c(OC)c2)cc1. The lowest BCUT2D eigenvalue weighted by Crippen LogP contribution is -2.29. The summed E-state index contributed by atoms with van der Waals surface area (Å²) in [4.78, 5) is 32.9. The van der Waals surface area contributed by atoms with Crippen molar-refractivity contribution in [3.05, 3.63) is 82.9 Å². The lowest BCUT2D eigenvalue weighted by atomic mass is 9.95. The van der Waals surface area contributed by atoms with Crippen LogP contribution in [-0.4, -0.2) is 43.1 Å². The van der Waals surface area contributed by atoms with Crippen LogP contribution in [0, 0.1) is 6.92 Å². The number of thiazole rings is 1. The van der Waals surface area contributed by atoms with Gasteiger partial charge in [-0.3, -0.25) is 14.5 Å². The van der Waals surface area contributed by atoms with E-state index in [1.807, 2.05) is 25.1 Å². The number of hydrogen-bond donors (Lipinski definition) is 1. The number of carbonyl (C=O) groups excluding carboxylic acids is 2. The molecule has 0 aliphatic carbocycles. The minimum Gasteiger partial charge on any atom is -0.507 e. The molecule has 1 saturated heterocycles. The maximum absolute atomic E-state index is 13.5. The quantitative estimate of drug-likeness (QED) is 0.212. The van der Waals surface area contributed by atoms with Gasteiger partial charge in [0, 0.05) is 5.56 Å². The van der Waals surface area contributed by atoms with Crippen LogP contribution < -0.4 is 19.1 Å². The minimum absolute atomic E-state index is 0.0437. The number of ketones is 1. The Morgan fingerprint density at radius 1 is 0.919 bits per heavy atom. The predicted molar refractivity (Wildman–Crippen MR) is 142 cm³/mol. The standard InChI is InChI=1S/C28H24N2O6S/c1-15-5-11-19-22(13-15)37-28(29-19)30-24(17-8-12-20(35-3)21(14-17)36-4)23(26(32)27(30)33)25(31)16-6-9-18(34-2)10-7-16/h5-14,24,31H,1-4H3. The van der Waals surface area contributed by atoms with Gasteiger partial charge < -0.3 is 19.3 Å². The number of nitrogens with zero attached hydrogens (tertiary/aromatic N) is 2. The Hall–Kier alpha value is -4.37. The van der Waals surface area contributed by atoms with E-state index in [1.165, 1.54) is 37.6 Å². The molecule has 3 aromatic carbocycles. The molecule has 37 heavy (non-hydrogen) atoms. The minimum atomic E-state index is -0.941. The normalized spacial score (nSPS) is 16.9. The number of aromatic nitrogens is 1. The molecule has 0 spiro atoms. The molecule has 1 aliphatic heterocycles. The molecule has 5 rings (SSSR count). The summed E-state index contributed by atoms with van der Waals surface area (Å²) in [7, 11) is 4.57. The summed E-state index contributed by atoms with van der Waals surface area (Å²) in [5.41, 5.74) is 2.67. The van der Waals surface area contributed by atoms with E-state index in [0.29, 0.717) is 39.0 Å². The molecule has 0 saturated carbocycles. The van der Waals surface area contributed by atoms with Gasteiger partial charge in [0.1, 0.15) is 11.5 Å². The van der Waals surface area contributed by atoms with E-state index >= 15 is 0 Å². The lowest BCUT2D eigenvalue weighted by molar-refractivity contribution is -0.132. The molecule has 4 aromatic rings. The van der Waals surface area contributed by atoms with Crippen molar-refractivity contribution >= 4 is 44.1 Å². The molecule has 1 unspecified atom stereocenters. The summed E-state index contributed by atoms with van der Waals surface area (Å²) < 4.78 is 16.9. The molecule has 188 valence electrons. The van der Waals surface area contributed by atoms with E-state index in [9.17, 15) is 14.7 Å². The number of amides is 1. The van der Waals surface area contributed by atoms with Crippen LogP contribution in [0.4, 0.5) is 5.13 Å². The number of fused-ring (bicyclic) bond motifs is 1. The Bertz CT molecular complexity index is 1560. The van der Waals surface area contributed by atoms with Crippen LogP contribution in [0.2, 0.25) is 0 Å². The predicted octanol–water partition coefficient (Wildman–Crippen LogP) is 5.26. The summed E-state index contributed by atoms with van der Waals surface area (Å²) in [6.07, 6.45) is 0. The number of Topliss-reactive ketones (excluding diaryl/α,β-unsaturated/α-hetero) is 1. The molecule has 1 aromatic heterocycles. The number of methoxy groups -OCH3 is 3. The Balaban J connectivity index is 1.73. The molecule has 1 amide bonds. The van der Waals surface area contributed by atoms with Crippen molar-refractivity contribution in [3.8, 4) is 17.2 Å². The highest BCUT2D eigenvalue weighted by atomic mass is 32.1.